The van der Waals surface area contributed by atoms with E-state index in [4.69, 9.17) is 26.8 Å². The van der Waals surface area contributed by atoms with E-state index in [0.29, 0.717) is 73.8 Å². The van der Waals surface area contributed by atoms with Crippen LogP contribution in [-0.2, 0) is 28.2 Å². The number of piperidine rings is 2. The summed E-state index contributed by atoms with van der Waals surface area (Å²) in [6.45, 7) is 4.44. The lowest BCUT2D eigenvalue weighted by Crippen LogP contribution is -2.29. The van der Waals surface area contributed by atoms with E-state index in [-0.39, 0.29) is 16.3 Å². The van der Waals surface area contributed by atoms with Crippen molar-refractivity contribution in [3.8, 4) is 34.0 Å². The number of aromatic nitrogens is 12. The minimum absolute atomic E-state index is 0.185. The number of nitrogens with two attached hydrogens (primary N) is 1. The summed E-state index contributed by atoms with van der Waals surface area (Å²) in [6.07, 6.45) is 15.2. The summed E-state index contributed by atoms with van der Waals surface area (Å²) in [5.74, 6) is 3.05. The fourth-order valence-corrected chi connectivity index (χ4v) is 10.1. The zero-order valence-electron chi connectivity index (χ0n) is 44.9. The van der Waals surface area contributed by atoms with E-state index in [9.17, 15) is 9.59 Å². The van der Waals surface area contributed by atoms with Gasteiger partial charge in [-0.05, 0) is 105 Å². The van der Waals surface area contributed by atoms with Crippen LogP contribution in [0.25, 0.3) is 44.6 Å². The van der Waals surface area contributed by atoms with E-state index >= 15 is 0 Å². The number of H-pyrrole nitrogens is 2. The Morgan fingerprint density at radius 3 is 1.51 bits per heavy atom. The van der Waals surface area contributed by atoms with Crippen molar-refractivity contribution in [1.29, 1.82) is 0 Å². The summed E-state index contributed by atoms with van der Waals surface area (Å²) < 4.78 is 17.7. The first kappa shape index (κ1) is 53.1. The molecule has 22 nitrogen and oxygen atoms in total. The molecule has 0 amide bonds. The highest BCUT2D eigenvalue weighted by atomic mass is 35.5. The minimum atomic E-state index is -0.198. The second-order valence-electron chi connectivity index (χ2n) is 19.3. The molecular weight excluding hydrogens is 1020 g/mol. The summed E-state index contributed by atoms with van der Waals surface area (Å²) in [5, 5.41) is 26.0. The highest BCUT2D eigenvalue weighted by Gasteiger charge is 2.21. The van der Waals surface area contributed by atoms with E-state index in [1.807, 2.05) is 112 Å². The van der Waals surface area contributed by atoms with Crippen molar-refractivity contribution in [1.82, 2.24) is 59.1 Å². The zero-order valence-corrected chi connectivity index (χ0v) is 45.7. The van der Waals surface area contributed by atoms with Gasteiger partial charge in [-0.3, -0.25) is 38.5 Å². The maximum absolute atomic E-state index is 13.0. The molecule has 10 aromatic rings. The van der Waals surface area contributed by atoms with Gasteiger partial charge in [0.1, 0.15) is 33.4 Å². The number of ether oxygens (including phenoxy) is 2. The van der Waals surface area contributed by atoms with Crippen LogP contribution >= 0.6 is 11.6 Å². The van der Waals surface area contributed by atoms with Gasteiger partial charge in [0.25, 0.3) is 11.1 Å². The number of methoxy groups -OCH3 is 2. The number of aryl methyl sites for hydroxylation is 4. The second-order valence-corrected chi connectivity index (χ2v) is 19.7. The standard InChI is InChI=1S/C28H31N9O2.C18H17ClN6O2.C10H15N3/c1-35-15-12-20(33-35)19-8-7-9-21(26(19)39-3)30-22-16-24(32-27-25(22)28(38)36(2)34-27)31-23-11-10-18(17-29-23)37-13-5-4-6-14-37;1-24-8-7-11(22-24)10-5-4-6-12(16(10)27-3)20-13-9-14(19)21-17-15(13)18(26)25(2)23-17;11-10-5-4-9(8-12-10)13-6-2-1-3-7-13/h7-12,15-17H,4-6,13-14H2,1-3H3,(H3,29,30,31,32,34);4-9H,1-3H3,(H2,20,21,23);4-5,8H,1-3,6-7H2,(H2,11,12). The first-order chi connectivity index (χ1) is 38.3. The number of nitrogens with zero attached hydrogens (tertiary/aromatic N) is 12. The Kier molecular flexibility index (Phi) is 15.8. The molecule has 0 bridgehead atoms. The predicted octanol–water partition coefficient (Wildman–Crippen LogP) is 9.26. The molecule has 12 rings (SSSR count). The summed E-state index contributed by atoms with van der Waals surface area (Å²) >= 11 is 6.13. The van der Waals surface area contributed by atoms with Gasteiger partial charge in [0, 0.05) is 84.0 Å². The number of nitrogens with one attached hydrogen (secondary N) is 5. The smallest absolute Gasteiger partial charge is 0.277 e. The van der Waals surface area contributed by atoms with Crippen LogP contribution in [0.15, 0.2) is 119 Å². The van der Waals surface area contributed by atoms with Crippen LogP contribution in [0.2, 0.25) is 5.15 Å². The molecule has 408 valence electrons. The number of aromatic amines is 2. The van der Waals surface area contributed by atoms with Crippen LogP contribution in [0.4, 0.5) is 51.6 Å². The Hall–Kier alpha value is -9.31. The lowest BCUT2D eigenvalue weighted by molar-refractivity contribution is 0.418. The number of benzene rings is 2. The SMILES string of the molecule is COc1c(Nc2cc(Cl)nc3[nH]n(C)c(=O)c23)cccc1-c1ccn(C)n1.COc1c(Nc2cc(Nc3ccc(N4CCCCC4)cn3)nc3[nH]n(C)c(=O)c23)cccc1-c1ccn(C)n1.Nc1ccc(N2CCCCC2)cn1. The summed E-state index contributed by atoms with van der Waals surface area (Å²) in [7, 11) is 10.2. The van der Waals surface area contributed by atoms with Crippen LogP contribution in [0.1, 0.15) is 38.5 Å². The van der Waals surface area contributed by atoms with E-state index in [1.54, 1.807) is 43.7 Å². The molecule has 0 radical (unpaired) electrons. The Bertz CT molecular complexity index is 3850. The number of anilines is 9. The predicted molar refractivity (Wildman–Crippen MR) is 313 cm³/mol. The molecule has 23 heteroatoms. The molecule has 2 aromatic carbocycles. The summed E-state index contributed by atoms with van der Waals surface area (Å²) in [4.78, 5) is 47.8. The molecule has 0 spiro atoms. The highest BCUT2D eigenvalue weighted by Crippen LogP contribution is 2.40. The van der Waals surface area contributed by atoms with E-state index in [0.717, 1.165) is 54.4 Å². The number of halogens is 1. The molecular formula is C56H63ClN18O4. The Balaban J connectivity index is 0.000000151. The van der Waals surface area contributed by atoms with Crippen LogP contribution < -0.4 is 52.1 Å². The van der Waals surface area contributed by atoms with Crippen molar-refractivity contribution in [2.24, 2.45) is 28.2 Å². The number of rotatable bonds is 12. The Morgan fingerprint density at radius 2 is 1.05 bits per heavy atom. The first-order valence-corrected chi connectivity index (χ1v) is 26.4. The van der Waals surface area contributed by atoms with Gasteiger partial charge >= 0.3 is 0 Å². The molecule has 79 heavy (non-hydrogen) atoms. The monoisotopic (exact) mass is 1090 g/mol. The van der Waals surface area contributed by atoms with E-state index < -0.39 is 0 Å². The van der Waals surface area contributed by atoms with Crippen molar-refractivity contribution in [2.45, 2.75) is 38.5 Å². The van der Waals surface area contributed by atoms with E-state index in [2.05, 4.69) is 72.1 Å². The molecule has 8 aromatic heterocycles. The van der Waals surface area contributed by atoms with Gasteiger partial charge in [0.15, 0.2) is 22.8 Å². The van der Waals surface area contributed by atoms with Gasteiger partial charge in [-0.25, -0.2) is 19.9 Å². The molecule has 0 unspecified atom stereocenters. The molecule has 2 fully saturated rings. The molecule has 10 heterocycles. The molecule has 2 aliphatic rings. The molecule has 2 saturated heterocycles. The van der Waals surface area contributed by atoms with Crippen LogP contribution in [-0.4, -0.2) is 99.5 Å². The number of hydrogen-bond donors (Lipinski definition) is 6. The fraction of sp³-hybridized carbons (Fsp3) is 0.286. The topological polar surface area (TPSA) is 250 Å². The number of hydrogen-bond acceptors (Lipinski definition) is 16. The number of pyridine rings is 4. The maximum Gasteiger partial charge on any atom is 0.277 e. The van der Waals surface area contributed by atoms with Gasteiger partial charge in [0.2, 0.25) is 0 Å². The van der Waals surface area contributed by atoms with Gasteiger partial charge < -0.3 is 41.0 Å². The van der Waals surface area contributed by atoms with Crippen LogP contribution in [0, 0.1) is 0 Å². The number of para-hydroxylation sites is 2. The van der Waals surface area contributed by atoms with Gasteiger partial charge in [0.05, 0.1) is 72.1 Å². The van der Waals surface area contributed by atoms with Crippen molar-refractivity contribution >= 4 is 85.2 Å². The minimum Gasteiger partial charge on any atom is -0.494 e. The molecule has 0 saturated carbocycles. The second kappa shape index (κ2) is 23.5. The van der Waals surface area contributed by atoms with Crippen LogP contribution in [0.5, 0.6) is 11.5 Å². The normalized spacial score (nSPS) is 13.4. The third-order valence-corrected chi connectivity index (χ3v) is 14.0. The lowest BCUT2D eigenvalue weighted by Gasteiger charge is -2.28. The average molecular weight is 1090 g/mol. The lowest BCUT2D eigenvalue weighted by atomic mass is 10.1. The third kappa shape index (κ3) is 11.8. The van der Waals surface area contributed by atoms with Crippen molar-refractivity contribution < 1.29 is 9.47 Å². The molecule has 0 atom stereocenters. The maximum atomic E-state index is 13.0. The largest absolute Gasteiger partial charge is 0.494 e. The quantitative estimate of drug-likeness (QED) is 0.0624. The average Bonchev–Trinajstić information content (AvgIpc) is 4.36. The van der Waals surface area contributed by atoms with Crippen molar-refractivity contribution in [3.05, 3.63) is 136 Å². The van der Waals surface area contributed by atoms with E-state index in [1.165, 1.54) is 53.6 Å². The zero-order chi connectivity index (χ0) is 55.2. The third-order valence-electron chi connectivity index (χ3n) is 13.8. The van der Waals surface area contributed by atoms with Gasteiger partial charge in [-0.2, -0.15) is 10.2 Å². The first-order valence-electron chi connectivity index (χ1n) is 26.0. The summed E-state index contributed by atoms with van der Waals surface area (Å²) in [6, 6.07) is 26.7. The highest BCUT2D eigenvalue weighted by molar-refractivity contribution is 6.30. The summed E-state index contributed by atoms with van der Waals surface area (Å²) in [5.41, 5.74) is 14.1. The number of fused-ring (bicyclic) bond motifs is 2. The fourth-order valence-electron chi connectivity index (χ4n) is 9.86. The van der Waals surface area contributed by atoms with Crippen molar-refractivity contribution in [3.63, 3.8) is 0 Å². The Morgan fingerprint density at radius 1 is 0.557 bits per heavy atom. The van der Waals surface area contributed by atoms with Gasteiger partial charge in [-0.1, -0.05) is 23.7 Å². The molecule has 2 aliphatic heterocycles. The van der Waals surface area contributed by atoms with Crippen LogP contribution in [0.3, 0.4) is 0 Å². The van der Waals surface area contributed by atoms with Crippen molar-refractivity contribution in [2.75, 3.05) is 71.9 Å². The molecule has 7 N–H and O–H groups in total. The number of nitrogen functional groups attached to an aromatic ring is 1. The molecule has 0 aliphatic carbocycles. The van der Waals surface area contributed by atoms with Gasteiger partial charge in [-0.15, -0.1) is 0 Å². The Labute approximate surface area is 460 Å².